The highest BCUT2D eigenvalue weighted by Gasteiger charge is 2.32. The smallest absolute Gasteiger partial charge is 0.378 e. The number of aromatic nitrogens is 1. The van der Waals surface area contributed by atoms with Gasteiger partial charge in [0, 0.05) is 19.1 Å². The molecule has 1 fully saturated rings. The Morgan fingerprint density at radius 3 is 2.89 bits per heavy atom. The summed E-state index contributed by atoms with van der Waals surface area (Å²) in [7, 11) is 0. The summed E-state index contributed by atoms with van der Waals surface area (Å²) in [5.41, 5.74) is -0.868. The van der Waals surface area contributed by atoms with Crippen LogP contribution in [-0.2, 0) is 10.9 Å². The first-order valence-corrected chi connectivity index (χ1v) is 6.40. The predicted molar refractivity (Wildman–Crippen MR) is 65.9 cm³/mol. The van der Waals surface area contributed by atoms with E-state index in [-0.39, 0.29) is 11.9 Å². The summed E-state index contributed by atoms with van der Waals surface area (Å²) in [6, 6.07) is 3.88. The summed E-state index contributed by atoms with van der Waals surface area (Å²) in [5, 5.41) is 2.97. The highest BCUT2D eigenvalue weighted by molar-refractivity contribution is 5.36. The van der Waals surface area contributed by atoms with E-state index < -0.39 is 11.9 Å². The van der Waals surface area contributed by atoms with Gasteiger partial charge in [0.25, 0.3) is 0 Å². The first-order chi connectivity index (χ1) is 9.00. The average Bonchev–Trinajstić information content (AvgIpc) is 2.83. The Morgan fingerprint density at radius 2 is 2.21 bits per heavy atom. The molecule has 2 rings (SSSR count). The normalized spacial score (nSPS) is 23.6. The fraction of sp³-hybridized carbons (Fsp3) is 0.615. The van der Waals surface area contributed by atoms with E-state index in [1.165, 1.54) is 6.07 Å². The van der Waals surface area contributed by atoms with Crippen molar-refractivity contribution >= 4 is 5.82 Å². The molecule has 106 valence electrons. The van der Waals surface area contributed by atoms with Crippen LogP contribution >= 0.6 is 0 Å². The quantitative estimate of drug-likeness (QED) is 0.914. The maximum Gasteiger partial charge on any atom is 0.433 e. The van der Waals surface area contributed by atoms with Gasteiger partial charge in [-0.05, 0) is 25.0 Å². The number of hydrogen-bond acceptors (Lipinski definition) is 3. The van der Waals surface area contributed by atoms with E-state index in [9.17, 15) is 13.2 Å². The second kappa shape index (κ2) is 5.77. The van der Waals surface area contributed by atoms with Gasteiger partial charge in [0.1, 0.15) is 11.5 Å². The van der Waals surface area contributed by atoms with Gasteiger partial charge in [-0.15, -0.1) is 0 Å². The minimum Gasteiger partial charge on any atom is -0.378 e. The largest absolute Gasteiger partial charge is 0.433 e. The van der Waals surface area contributed by atoms with Crippen molar-refractivity contribution in [1.29, 1.82) is 0 Å². The maximum absolute atomic E-state index is 12.5. The number of nitrogens with zero attached hydrogens (tertiary/aromatic N) is 1. The van der Waals surface area contributed by atoms with Crippen LogP contribution in [-0.4, -0.2) is 24.2 Å². The molecule has 3 nitrogen and oxygen atoms in total. The molecule has 1 N–H and O–H groups in total. The molecule has 19 heavy (non-hydrogen) atoms. The number of rotatable bonds is 4. The number of alkyl halides is 3. The molecular formula is C13H17F3N2O. The Balaban J connectivity index is 1.96. The molecule has 6 heteroatoms. The van der Waals surface area contributed by atoms with Crippen LogP contribution in [0.1, 0.15) is 25.5 Å². The van der Waals surface area contributed by atoms with Crippen molar-refractivity contribution < 1.29 is 17.9 Å². The lowest BCUT2D eigenvalue weighted by Gasteiger charge is -2.18. The molecule has 0 aliphatic carbocycles. The van der Waals surface area contributed by atoms with Crippen molar-refractivity contribution in [3.63, 3.8) is 0 Å². The molecule has 0 amide bonds. The highest BCUT2D eigenvalue weighted by atomic mass is 19.4. The lowest BCUT2D eigenvalue weighted by molar-refractivity contribution is -0.141. The van der Waals surface area contributed by atoms with Crippen molar-refractivity contribution in [2.24, 2.45) is 5.92 Å². The lowest BCUT2D eigenvalue weighted by atomic mass is 10.00. The standard InChI is InChI=1S/C13H17F3N2O/c1-2-10-9(6-7-19-10)8-17-12-5-3-4-11(18-12)13(14,15)16/h3-5,9-10H,2,6-8H2,1H3,(H,17,18). The Morgan fingerprint density at radius 1 is 1.42 bits per heavy atom. The molecule has 2 heterocycles. The second-order valence-corrected chi connectivity index (χ2v) is 4.65. The molecule has 0 aromatic carbocycles. The van der Waals surface area contributed by atoms with Gasteiger partial charge in [-0.2, -0.15) is 13.2 Å². The number of hydrogen-bond donors (Lipinski definition) is 1. The van der Waals surface area contributed by atoms with Crippen LogP contribution < -0.4 is 5.32 Å². The van der Waals surface area contributed by atoms with E-state index in [0.29, 0.717) is 12.5 Å². The van der Waals surface area contributed by atoms with Crippen molar-refractivity contribution in [3.8, 4) is 0 Å². The van der Waals surface area contributed by atoms with E-state index in [0.717, 1.165) is 25.5 Å². The predicted octanol–water partition coefficient (Wildman–Crippen LogP) is 3.33. The van der Waals surface area contributed by atoms with E-state index >= 15 is 0 Å². The van der Waals surface area contributed by atoms with Gasteiger partial charge in [-0.25, -0.2) is 4.98 Å². The topological polar surface area (TPSA) is 34.1 Å². The zero-order valence-corrected chi connectivity index (χ0v) is 10.7. The summed E-state index contributed by atoms with van der Waals surface area (Å²) in [6.45, 7) is 3.36. The van der Waals surface area contributed by atoms with Crippen LogP contribution in [0.5, 0.6) is 0 Å². The first-order valence-electron chi connectivity index (χ1n) is 6.40. The van der Waals surface area contributed by atoms with Gasteiger partial charge < -0.3 is 10.1 Å². The summed E-state index contributed by atoms with van der Waals surface area (Å²) < 4.78 is 43.1. The van der Waals surface area contributed by atoms with Crippen LogP contribution in [0.4, 0.5) is 19.0 Å². The zero-order chi connectivity index (χ0) is 13.9. The van der Waals surface area contributed by atoms with Crippen LogP contribution in [0.3, 0.4) is 0 Å². The molecule has 1 saturated heterocycles. The molecule has 1 aliphatic heterocycles. The molecule has 0 bridgehead atoms. The molecule has 0 spiro atoms. The highest BCUT2D eigenvalue weighted by Crippen LogP contribution is 2.28. The Kier molecular flexibility index (Phi) is 4.29. The maximum atomic E-state index is 12.5. The monoisotopic (exact) mass is 274 g/mol. The van der Waals surface area contributed by atoms with E-state index in [1.54, 1.807) is 6.07 Å². The molecule has 1 aromatic rings. The summed E-state index contributed by atoms with van der Waals surface area (Å²) in [4.78, 5) is 3.58. The van der Waals surface area contributed by atoms with E-state index in [2.05, 4.69) is 10.3 Å². The van der Waals surface area contributed by atoms with Crippen molar-refractivity contribution in [2.45, 2.75) is 32.0 Å². The number of ether oxygens (including phenoxy) is 1. The average molecular weight is 274 g/mol. The van der Waals surface area contributed by atoms with Gasteiger partial charge in [-0.1, -0.05) is 13.0 Å². The Labute approximate surface area is 110 Å². The molecule has 0 saturated carbocycles. The third kappa shape index (κ3) is 3.59. The van der Waals surface area contributed by atoms with Crippen molar-refractivity contribution in [3.05, 3.63) is 23.9 Å². The summed E-state index contributed by atoms with van der Waals surface area (Å²) in [6.07, 6.45) is -2.36. The van der Waals surface area contributed by atoms with Gasteiger partial charge in [0.2, 0.25) is 0 Å². The van der Waals surface area contributed by atoms with Crippen LogP contribution in [0, 0.1) is 5.92 Å². The fourth-order valence-electron chi connectivity index (χ4n) is 2.30. The van der Waals surface area contributed by atoms with Crippen LogP contribution in [0.2, 0.25) is 0 Å². The van der Waals surface area contributed by atoms with E-state index in [1.807, 2.05) is 6.92 Å². The van der Waals surface area contributed by atoms with Gasteiger partial charge in [-0.3, -0.25) is 0 Å². The SMILES string of the molecule is CCC1OCCC1CNc1cccc(C(F)(F)F)n1. The lowest BCUT2D eigenvalue weighted by Crippen LogP contribution is -2.23. The number of nitrogens with one attached hydrogen (secondary N) is 1. The fourth-order valence-corrected chi connectivity index (χ4v) is 2.30. The van der Waals surface area contributed by atoms with Crippen LogP contribution in [0.15, 0.2) is 18.2 Å². The number of pyridine rings is 1. The van der Waals surface area contributed by atoms with Crippen molar-refractivity contribution in [1.82, 2.24) is 4.98 Å². The molecule has 0 radical (unpaired) electrons. The summed E-state index contributed by atoms with van der Waals surface area (Å²) in [5.74, 6) is 0.595. The molecule has 1 aliphatic rings. The molecular weight excluding hydrogens is 257 g/mol. The van der Waals surface area contributed by atoms with Crippen molar-refractivity contribution in [2.75, 3.05) is 18.5 Å². The van der Waals surface area contributed by atoms with Gasteiger partial charge in [0.05, 0.1) is 6.10 Å². The molecule has 2 atom stereocenters. The van der Waals surface area contributed by atoms with Crippen LogP contribution in [0.25, 0.3) is 0 Å². The number of anilines is 1. The van der Waals surface area contributed by atoms with Gasteiger partial charge in [0.15, 0.2) is 0 Å². The third-order valence-electron chi connectivity index (χ3n) is 3.33. The third-order valence-corrected chi connectivity index (χ3v) is 3.33. The Hall–Kier alpha value is -1.30. The first kappa shape index (κ1) is 14.1. The van der Waals surface area contributed by atoms with Gasteiger partial charge >= 0.3 is 6.18 Å². The Bertz CT molecular complexity index is 423. The minimum absolute atomic E-state index is 0.193. The molecule has 2 unspecified atom stereocenters. The summed E-state index contributed by atoms with van der Waals surface area (Å²) >= 11 is 0. The molecule has 1 aromatic heterocycles. The van der Waals surface area contributed by atoms with E-state index in [4.69, 9.17) is 4.74 Å². The zero-order valence-electron chi connectivity index (χ0n) is 10.7. The second-order valence-electron chi connectivity index (χ2n) is 4.65. The number of halogens is 3. The minimum atomic E-state index is -4.40.